The third-order valence-corrected chi connectivity index (χ3v) is 7.56. The molecular formula is C30H28BNO3. The molecule has 2 aromatic heterocycles. The van der Waals surface area contributed by atoms with Crippen molar-refractivity contribution in [3.8, 4) is 5.69 Å². The van der Waals surface area contributed by atoms with Gasteiger partial charge in [-0.2, -0.15) is 0 Å². The van der Waals surface area contributed by atoms with E-state index in [0.717, 1.165) is 54.6 Å². The normalized spacial score (nSPS) is 17.7. The lowest BCUT2D eigenvalue weighted by molar-refractivity contribution is 0.00578. The van der Waals surface area contributed by atoms with Gasteiger partial charge >= 0.3 is 7.12 Å². The standard InChI is InChI=1S/C30H28BNO3/c1-7-12-24-19(2)21-13-8-10-15-25(21)32(24)20-17-23(31-34-29(3,4)30(5,6)35-31)28-22-14-9-11-16-26(22)33-27(28)18-20/h7-18H,1-2H2,3-6H3/b24-12+. The molecule has 5 heteroatoms. The van der Waals surface area contributed by atoms with Crippen molar-refractivity contribution < 1.29 is 13.7 Å². The number of benzene rings is 3. The van der Waals surface area contributed by atoms with Crippen LogP contribution in [0, 0.1) is 0 Å². The van der Waals surface area contributed by atoms with Gasteiger partial charge in [-0.25, -0.2) is 0 Å². The molecule has 0 bridgehead atoms. The van der Waals surface area contributed by atoms with Crippen LogP contribution in [0.25, 0.3) is 51.2 Å². The number of furan rings is 1. The Kier molecular flexibility index (Phi) is 4.69. The molecule has 0 spiro atoms. The number of hydrogen-bond donors (Lipinski definition) is 0. The molecule has 3 aromatic carbocycles. The zero-order valence-electron chi connectivity index (χ0n) is 20.6. The second-order valence-electron chi connectivity index (χ2n) is 10.2. The van der Waals surface area contributed by atoms with Gasteiger partial charge < -0.3 is 18.3 Å². The third-order valence-electron chi connectivity index (χ3n) is 7.56. The molecule has 174 valence electrons. The fourth-order valence-electron chi connectivity index (χ4n) is 5.05. The topological polar surface area (TPSA) is 36.5 Å². The number of rotatable bonds is 3. The first-order chi connectivity index (χ1) is 16.7. The van der Waals surface area contributed by atoms with Crippen LogP contribution in [0.4, 0.5) is 0 Å². The van der Waals surface area contributed by atoms with Gasteiger partial charge in [-0.15, -0.1) is 0 Å². The van der Waals surface area contributed by atoms with Gasteiger partial charge in [-0.3, -0.25) is 0 Å². The van der Waals surface area contributed by atoms with Crippen LogP contribution < -0.4 is 16.0 Å². The van der Waals surface area contributed by atoms with E-state index in [2.05, 4.69) is 75.8 Å². The summed E-state index contributed by atoms with van der Waals surface area (Å²) in [6.07, 6.45) is 3.80. The maximum absolute atomic E-state index is 6.53. The summed E-state index contributed by atoms with van der Waals surface area (Å²) in [5.41, 5.74) is 3.70. The average molecular weight is 461 g/mol. The first-order valence-corrected chi connectivity index (χ1v) is 11.9. The van der Waals surface area contributed by atoms with Gasteiger partial charge in [0.15, 0.2) is 0 Å². The lowest BCUT2D eigenvalue weighted by atomic mass is 9.76. The second-order valence-corrected chi connectivity index (χ2v) is 10.2. The van der Waals surface area contributed by atoms with Crippen molar-refractivity contribution in [3.63, 3.8) is 0 Å². The summed E-state index contributed by atoms with van der Waals surface area (Å²) in [6, 6.07) is 20.7. The summed E-state index contributed by atoms with van der Waals surface area (Å²) in [5.74, 6) is 0. The molecule has 0 saturated carbocycles. The summed E-state index contributed by atoms with van der Waals surface area (Å²) in [4.78, 5) is 0. The molecule has 0 amide bonds. The minimum Gasteiger partial charge on any atom is -0.456 e. The summed E-state index contributed by atoms with van der Waals surface area (Å²) in [7, 11) is -0.531. The lowest BCUT2D eigenvalue weighted by Crippen LogP contribution is -2.41. The van der Waals surface area contributed by atoms with Crippen LogP contribution in [0.3, 0.4) is 0 Å². The van der Waals surface area contributed by atoms with Gasteiger partial charge in [0.1, 0.15) is 11.2 Å². The van der Waals surface area contributed by atoms with Crippen molar-refractivity contribution in [2.75, 3.05) is 0 Å². The molecule has 35 heavy (non-hydrogen) atoms. The third kappa shape index (κ3) is 3.15. The molecule has 1 aliphatic rings. The monoisotopic (exact) mass is 461 g/mol. The number of fused-ring (bicyclic) bond motifs is 4. The number of nitrogens with zero attached hydrogens (tertiary/aromatic N) is 1. The largest absolute Gasteiger partial charge is 0.495 e. The van der Waals surface area contributed by atoms with Crippen LogP contribution in [0.2, 0.25) is 0 Å². The Labute approximate surface area is 204 Å². The van der Waals surface area contributed by atoms with Crippen molar-refractivity contribution in [1.29, 1.82) is 0 Å². The van der Waals surface area contributed by atoms with Crippen LogP contribution in [-0.4, -0.2) is 22.9 Å². The Balaban J connectivity index is 1.72. The Morgan fingerprint density at radius 3 is 2.23 bits per heavy atom. The fraction of sp³-hybridized carbons (Fsp3) is 0.200. The highest BCUT2D eigenvalue weighted by Crippen LogP contribution is 2.38. The van der Waals surface area contributed by atoms with Crippen LogP contribution in [-0.2, 0) is 9.31 Å². The van der Waals surface area contributed by atoms with Gasteiger partial charge in [-0.1, -0.05) is 55.6 Å². The van der Waals surface area contributed by atoms with Crippen LogP contribution in [0.1, 0.15) is 27.7 Å². The Morgan fingerprint density at radius 2 is 1.51 bits per heavy atom. The van der Waals surface area contributed by atoms with Gasteiger partial charge in [-0.05, 0) is 57.4 Å². The number of aromatic nitrogens is 1. The van der Waals surface area contributed by atoms with E-state index < -0.39 is 18.3 Å². The van der Waals surface area contributed by atoms with E-state index in [-0.39, 0.29) is 0 Å². The molecule has 6 rings (SSSR count). The molecule has 0 N–H and O–H groups in total. The van der Waals surface area contributed by atoms with Crippen molar-refractivity contribution in [3.05, 3.63) is 83.9 Å². The van der Waals surface area contributed by atoms with Crippen LogP contribution in [0.5, 0.6) is 0 Å². The smallest absolute Gasteiger partial charge is 0.456 e. The first-order valence-electron chi connectivity index (χ1n) is 11.9. The summed E-state index contributed by atoms with van der Waals surface area (Å²) < 4.78 is 21.6. The lowest BCUT2D eigenvalue weighted by Gasteiger charge is -2.32. The molecule has 0 atom stereocenters. The SMILES string of the molecule is C=C/C=c1\c(=C)c2ccccc2n1-c1cc(B2OC(C)(C)C(C)(C)O2)c2c(c1)oc1ccccc12. The highest BCUT2D eigenvalue weighted by molar-refractivity contribution is 6.66. The Bertz CT molecular complexity index is 1740. The number of para-hydroxylation sites is 2. The minimum atomic E-state index is -0.531. The van der Waals surface area contributed by atoms with Gasteiger partial charge in [0.05, 0.1) is 22.1 Å². The summed E-state index contributed by atoms with van der Waals surface area (Å²) >= 11 is 0. The van der Waals surface area contributed by atoms with Crippen molar-refractivity contribution >= 4 is 58.1 Å². The predicted octanol–water partition coefficient (Wildman–Crippen LogP) is 5.21. The minimum absolute atomic E-state index is 0.456. The zero-order chi connectivity index (χ0) is 24.5. The van der Waals surface area contributed by atoms with E-state index in [1.807, 2.05) is 36.4 Å². The fourth-order valence-corrected chi connectivity index (χ4v) is 5.05. The summed E-state index contributed by atoms with van der Waals surface area (Å²) in [6.45, 7) is 16.6. The molecule has 0 unspecified atom stereocenters. The molecule has 1 saturated heterocycles. The molecule has 0 radical (unpaired) electrons. The highest BCUT2D eigenvalue weighted by atomic mass is 16.7. The maximum Gasteiger partial charge on any atom is 0.495 e. The predicted molar refractivity (Wildman–Crippen MR) is 146 cm³/mol. The van der Waals surface area contributed by atoms with Crippen LogP contribution in [0.15, 0.2) is 77.7 Å². The highest BCUT2D eigenvalue weighted by Gasteiger charge is 2.52. The Morgan fingerprint density at radius 1 is 0.857 bits per heavy atom. The van der Waals surface area contributed by atoms with E-state index in [0.29, 0.717) is 0 Å². The molecule has 1 fully saturated rings. The molecule has 1 aliphatic heterocycles. The first kappa shape index (κ1) is 22.0. The maximum atomic E-state index is 6.53. The van der Waals surface area contributed by atoms with Gasteiger partial charge in [0.2, 0.25) is 0 Å². The molecule has 4 nitrogen and oxygen atoms in total. The molecule has 5 aromatic rings. The van der Waals surface area contributed by atoms with E-state index in [9.17, 15) is 0 Å². The second kappa shape index (κ2) is 7.48. The van der Waals surface area contributed by atoms with E-state index in [1.54, 1.807) is 6.08 Å². The van der Waals surface area contributed by atoms with Crippen molar-refractivity contribution in [2.24, 2.45) is 0 Å². The number of hydrogen-bond acceptors (Lipinski definition) is 3. The van der Waals surface area contributed by atoms with Crippen molar-refractivity contribution in [1.82, 2.24) is 4.57 Å². The van der Waals surface area contributed by atoms with Crippen LogP contribution >= 0.6 is 0 Å². The Hall–Kier alpha value is -3.54. The van der Waals surface area contributed by atoms with E-state index in [4.69, 9.17) is 13.7 Å². The average Bonchev–Trinajstić information content (AvgIpc) is 3.40. The van der Waals surface area contributed by atoms with Gasteiger partial charge in [0.25, 0.3) is 0 Å². The van der Waals surface area contributed by atoms with Gasteiger partial charge in [0, 0.05) is 33.1 Å². The summed E-state index contributed by atoms with van der Waals surface area (Å²) in [5, 5.41) is 5.11. The molecule has 0 aliphatic carbocycles. The number of allylic oxidation sites excluding steroid dienone is 1. The van der Waals surface area contributed by atoms with E-state index in [1.165, 1.54) is 0 Å². The van der Waals surface area contributed by atoms with Crippen molar-refractivity contribution in [2.45, 2.75) is 38.9 Å². The quantitative estimate of drug-likeness (QED) is 0.347. The van der Waals surface area contributed by atoms with E-state index >= 15 is 0 Å². The molecule has 3 heterocycles. The molecular weight excluding hydrogens is 433 g/mol. The zero-order valence-corrected chi connectivity index (χ0v) is 20.6.